The summed E-state index contributed by atoms with van der Waals surface area (Å²) in [4.78, 5) is 0.306. The molecule has 0 unspecified atom stereocenters. The molecule has 0 aromatic heterocycles. The lowest BCUT2D eigenvalue weighted by Gasteiger charge is -2.22. The maximum Gasteiger partial charge on any atom is 0.243 e. The fraction of sp³-hybridized carbons (Fsp3) is 0.455. The minimum absolute atomic E-state index is 0.202. The van der Waals surface area contributed by atoms with Crippen molar-refractivity contribution in [2.75, 3.05) is 13.6 Å². The average molecular weight is 242 g/mol. The van der Waals surface area contributed by atoms with Crippen LogP contribution in [0.2, 0.25) is 0 Å². The minimum atomic E-state index is -3.41. The smallest absolute Gasteiger partial charge is 0.243 e. The Morgan fingerprint density at radius 1 is 1.31 bits per heavy atom. The van der Waals surface area contributed by atoms with Crippen molar-refractivity contribution in [3.05, 3.63) is 29.8 Å². The van der Waals surface area contributed by atoms with Crippen molar-refractivity contribution in [1.29, 1.82) is 0 Å². The number of sulfonamides is 1. The first-order chi connectivity index (χ1) is 7.39. The van der Waals surface area contributed by atoms with Gasteiger partial charge in [-0.15, -0.1) is 0 Å². The van der Waals surface area contributed by atoms with Gasteiger partial charge in [0.05, 0.1) is 4.90 Å². The van der Waals surface area contributed by atoms with Crippen LogP contribution < -0.4 is 5.73 Å². The van der Waals surface area contributed by atoms with Crippen molar-refractivity contribution < 1.29 is 8.42 Å². The summed E-state index contributed by atoms with van der Waals surface area (Å²) < 4.78 is 25.5. The largest absolute Gasteiger partial charge is 0.329 e. The zero-order chi connectivity index (χ0) is 12.3. The van der Waals surface area contributed by atoms with Crippen LogP contribution in [0.5, 0.6) is 0 Å². The van der Waals surface area contributed by atoms with E-state index in [0.29, 0.717) is 11.4 Å². The van der Waals surface area contributed by atoms with Gasteiger partial charge in [0.1, 0.15) is 0 Å². The third-order valence-corrected chi connectivity index (χ3v) is 4.65. The predicted molar refractivity (Wildman–Crippen MR) is 64.6 cm³/mol. The lowest BCUT2D eigenvalue weighted by Crippen LogP contribution is -2.39. The van der Waals surface area contributed by atoms with Crippen LogP contribution in [-0.2, 0) is 10.0 Å². The topological polar surface area (TPSA) is 63.4 Å². The minimum Gasteiger partial charge on any atom is -0.329 e. The van der Waals surface area contributed by atoms with Crippen molar-refractivity contribution in [2.45, 2.75) is 24.8 Å². The van der Waals surface area contributed by atoms with E-state index in [1.807, 2.05) is 6.92 Å². The molecule has 0 saturated carbocycles. The molecule has 0 heterocycles. The maximum absolute atomic E-state index is 12.1. The van der Waals surface area contributed by atoms with Gasteiger partial charge in [0.2, 0.25) is 10.0 Å². The molecule has 1 atom stereocenters. The summed E-state index contributed by atoms with van der Waals surface area (Å²) >= 11 is 0. The van der Waals surface area contributed by atoms with Crippen molar-refractivity contribution in [2.24, 2.45) is 5.73 Å². The van der Waals surface area contributed by atoms with E-state index in [9.17, 15) is 8.42 Å². The third-order valence-electron chi connectivity index (χ3n) is 2.66. The Bertz CT molecular complexity index is 440. The molecule has 90 valence electrons. The number of aryl methyl sites for hydroxylation is 1. The monoisotopic (exact) mass is 242 g/mol. The molecule has 0 aliphatic heterocycles. The van der Waals surface area contributed by atoms with E-state index in [1.54, 1.807) is 38.2 Å². The number of rotatable bonds is 4. The Labute approximate surface area is 97.1 Å². The molecule has 1 aromatic carbocycles. The zero-order valence-electron chi connectivity index (χ0n) is 9.84. The molecule has 0 saturated heterocycles. The van der Waals surface area contributed by atoms with E-state index in [-0.39, 0.29) is 6.04 Å². The Hall–Kier alpha value is -0.910. The van der Waals surface area contributed by atoms with Gasteiger partial charge in [0.25, 0.3) is 0 Å². The van der Waals surface area contributed by atoms with Crippen LogP contribution in [0.1, 0.15) is 12.5 Å². The summed E-state index contributed by atoms with van der Waals surface area (Å²) in [6, 6.07) is 6.60. The van der Waals surface area contributed by atoms with Gasteiger partial charge in [-0.3, -0.25) is 0 Å². The van der Waals surface area contributed by atoms with Gasteiger partial charge in [-0.2, -0.15) is 4.31 Å². The first-order valence-corrected chi connectivity index (χ1v) is 6.58. The summed E-state index contributed by atoms with van der Waals surface area (Å²) in [6.07, 6.45) is 0. The SMILES string of the molecule is Cc1ccc(S(=O)(=O)N(C)[C@@H](C)CN)cc1. The van der Waals surface area contributed by atoms with E-state index in [2.05, 4.69) is 0 Å². The molecule has 16 heavy (non-hydrogen) atoms. The van der Waals surface area contributed by atoms with Crippen LogP contribution in [0.15, 0.2) is 29.2 Å². The second-order valence-electron chi connectivity index (χ2n) is 3.92. The standard InChI is InChI=1S/C11H18N2O2S/c1-9-4-6-11(7-5-9)16(14,15)13(3)10(2)8-12/h4-7,10H,8,12H2,1-3H3/t10-/m0/s1. The van der Waals surface area contributed by atoms with Crippen molar-refractivity contribution in [3.8, 4) is 0 Å². The number of benzene rings is 1. The van der Waals surface area contributed by atoms with Crippen LogP contribution in [0.25, 0.3) is 0 Å². The number of likely N-dealkylation sites (N-methyl/N-ethyl adjacent to an activating group) is 1. The highest BCUT2D eigenvalue weighted by atomic mass is 32.2. The van der Waals surface area contributed by atoms with Gasteiger partial charge in [-0.25, -0.2) is 8.42 Å². The number of hydrogen-bond acceptors (Lipinski definition) is 3. The lowest BCUT2D eigenvalue weighted by atomic mass is 10.2. The normalized spacial score (nSPS) is 14.1. The predicted octanol–water partition coefficient (Wildman–Crippen LogP) is 0.963. The summed E-state index contributed by atoms with van der Waals surface area (Å²) in [7, 11) is -1.87. The van der Waals surface area contributed by atoms with Crippen molar-refractivity contribution >= 4 is 10.0 Å². The van der Waals surface area contributed by atoms with Gasteiger partial charge < -0.3 is 5.73 Å². The molecule has 0 fully saturated rings. The molecule has 5 heteroatoms. The van der Waals surface area contributed by atoms with E-state index in [1.165, 1.54) is 4.31 Å². The van der Waals surface area contributed by atoms with Crippen molar-refractivity contribution in [1.82, 2.24) is 4.31 Å². The summed E-state index contributed by atoms with van der Waals surface area (Å²) in [5, 5.41) is 0. The fourth-order valence-electron chi connectivity index (χ4n) is 1.26. The van der Waals surface area contributed by atoms with E-state index >= 15 is 0 Å². The number of nitrogens with zero attached hydrogens (tertiary/aromatic N) is 1. The van der Waals surface area contributed by atoms with Gasteiger partial charge in [-0.05, 0) is 26.0 Å². The Morgan fingerprint density at radius 3 is 2.25 bits per heavy atom. The molecule has 0 radical (unpaired) electrons. The molecule has 4 nitrogen and oxygen atoms in total. The van der Waals surface area contributed by atoms with Gasteiger partial charge >= 0.3 is 0 Å². The first-order valence-electron chi connectivity index (χ1n) is 5.14. The molecular weight excluding hydrogens is 224 g/mol. The Kier molecular flexibility index (Phi) is 4.07. The van der Waals surface area contributed by atoms with E-state index in [0.717, 1.165) is 5.56 Å². The highest BCUT2D eigenvalue weighted by Crippen LogP contribution is 2.16. The molecule has 0 bridgehead atoms. The Morgan fingerprint density at radius 2 is 1.81 bits per heavy atom. The number of hydrogen-bond donors (Lipinski definition) is 1. The summed E-state index contributed by atoms with van der Waals surface area (Å²) in [5.74, 6) is 0. The maximum atomic E-state index is 12.1. The second-order valence-corrected chi connectivity index (χ2v) is 5.92. The molecule has 0 aliphatic carbocycles. The molecule has 2 N–H and O–H groups in total. The first kappa shape index (κ1) is 13.2. The molecule has 0 spiro atoms. The number of nitrogens with two attached hydrogens (primary N) is 1. The van der Waals surface area contributed by atoms with Crippen LogP contribution in [0, 0.1) is 6.92 Å². The highest BCUT2D eigenvalue weighted by molar-refractivity contribution is 7.89. The van der Waals surface area contributed by atoms with Crippen LogP contribution >= 0.6 is 0 Å². The van der Waals surface area contributed by atoms with Crippen LogP contribution in [0.4, 0.5) is 0 Å². The second kappa shape index (κ2) is 4.95. The summed E-state index contributed by atoms with van der Waals surface area (Å²) in [5.41, 5.74) is 6.50. The highest BCUT2D eigenvalue weighted by Gasteiger charge is 2.24. The molecule has 1 rings (SSSR count). The zero-order valence-corrected chi connectivity index (χ0v) is 10.7. The third kappa shape index (κ3) is 2.61. The molecule has 1 aromatic rings. The lowest BCUT2D eigenvalue weighted by molar-refractivity contribution is 0.394. The Balaban J connectivity index is 3.07. The van der Waals surface area contributed by atoms with Gasteiger partial charge in [0.15, 0.2) is 0 Å². The molecular formula is C11H18N2O2S. The van der Waals surface area contributed by atoms with Gasteiger partial charge in [-0.1, -0.05) is 17.7 Å². The quantitative estimate of drug-likeness (QED) is 0.855. The van der Waals surface area contributed by atoms with Crippen molar-refractivity contribution in [3.63, 3.8) is 0 Å². The molecule has 0 aliphatic rings. The van der Waals surface area contributed by atoms with E-state index in [4.69, 9.17) is 5.73 Å². The molecule has 0 amide bonds. The van der Waals surface area contributed by atoms with Crippen LogP contribution in [-0.4, -0.2) is 32.4 Å². The van der Waals surface area contributed by atoms with Gasteiger partial charge in [0, 0.05) is 19.6 Å². The average Bonchev–Trinajstić information content (AvgIpc) is 2.27. The fourth-order valence-corrected chi connectivity index (χ4v) is 2.63. The van der Waals surface area contributed by atoms with E-state index < -0.39 is 10.0 Å². The summed E-state index contributed by atoms with van der Waals surface area (Å²) in [6.45, 7) is 4.01. The van der Waals surface area contributed by atoms with Crippen LogP contribution in [0.3, 0.4) is 0 Å².